The third-order valence-corrected chi connectivity index (χ3v) is 6.25. The number of hydrogen-bond acceptors (Lipinski definition) is 0. The second-order valence-corrected chi connectivity index (χ2v) is 7.12. The first kappa shape index (κ1) is 8.85. The number of halogens is 2. The van der Waals surface area contributed by atoms with Gasteiger partial charge in [0.15, 0.2) is 0 Å². The van der Waals surface area contributed by atoms with Crippen molar-refractivity contribution in [2.45, 2.75) is 43.4 Å². The highest BCUT2D eigenvalue weighted by Gasteiger charge is 2.70. The molecule has 2 heteroatoms. The second-order valence-electron chi connectivity index (χ2n) is 5.72. The fourth-order valence-corrected chi connectivity index (χ4v) is 5.56. The molecule has 3 aliphatic rings. The lowest BCUT2D eigenvalue weighted by Crippen LogP contribution is -2.43. The Hall–Kier alpha value is 0.580. The molecule has 0 aliphatic heterocycles. The van der Waals surface area contributed by atoms with Crippen molar-refractivity contribution in [1.29, 1.82) is 0 Å². The van der Waals surface area contributed by atoms with E-state index in [0.29, 0.717) is 16.7 Å². The summed E-state index contributed by atoms with van der Waals surface area (Å²) in [6.45, 7) is 4.58. The molecular weight excluding hydrogens is 203 g/mol. The highest BCUT2D eigenvalue weighted by Crippen LogP contribution is 2.73. The SMILES string of the molecule is C[C@]1(Cl)CC2[C@@H]3C[C@@H](Cl)[C@H]2[C@@]1(C)C3. The van der Waals surface area contributed by atoms with Crippen LogP contribution in [-0.4, -0.2) is 10.3 Å². The fourth-order valence-electron chi connectivity index (χ4n) is 4.49. The Kier molecular flexibility index (Phi) is 1.51. The molecule has 3 aliphatic carbocycles. The lowest BCUT2D eigenvalue weighted by atomic mass is 9.67. The molecule has 3 fully saturated rings. The quantitative estimate of drug-likeness (QED) is 0.545. The zero-order chi connectivity index (χ0) is 9.43. The first-order valence-electron chi connectivity index (χ1n) is 5.29. The number of hydrogen-bond donors (Lipinski definition) is 0. The summed E-state index contributed by atoms with van der Waals surface area (Å²) in [4.78, 5) is 0.0202. The Morgan fingerprint density at radius 1 is 1.23 bits per heavy atom. The summed E-state index contributed by atoms with van der Waals surface area (Å²) in [6, 6.07) is 0. The minimum absolute atomic E-state index is 0.0202. The lowest BCUT2D eigenvalue weighted by molar-refractivity contribution is 0.149. The van der Waals surface area contributed by atoms with E-state index < -0.39 is 0 Å². The minimum atomic E-state index is 0.0202. The molecule has 1 unspecified atom stereocenters. The Bertz CT molecular complexity index is 261. The third kappa shape index (κ3) is 0.814. The van der Waals surface area contributed by atoms with Crippen LogP contribution in [-0.2, 0) is 0 Å². The van der Waals surface area contributed by atoms with Crippen molar-refractivity contribution in [3.63, 3.8) is 0 Å². The number of rotatable bonds is 0. The molecule has 4 bridgehead atoms. The van der Waals surface area contributed by atoms with Crippen LogP contribution in [0.2, 0.25) is 0 Å². The van der Waals surface area contributed by atoms with Crippen molar-refractivity contribution < 1.29 is 0 Å². The molecule has 6 atom stereocenters. The zero-order valence-electron chi connectivity index (χ0n) is 8.19. The average molecular weight is 219 g/mol. The molecule has 0 aromatic carbocycles. The van der Waals surface area contributed by atoms with Gasteiger partial charge in [-0.3, -0.25) is 0 Å². The summed E-state index contributed by atoms with van der Waals surface area (Å²) >= 11 is 13.0. The highest BCUT2D eigenvalue weighted by atomic mass is 35.5. The molecule has 0 spiro atoms. The van der Waals surface area contributed by atoms with Crippen molar-refractivity contribution in [1.82, 2.24) is 0 Å². The normalized spacial score (nSPS) is 69.2. The van der Waals surface area contributed by atoms with Crippen molar-refractivity contribution in [3.05, 3.63) is 0 Å². The van der Waals surface area contributed by atoms with Gasteiger partial charge in [0.05, 0.1) is 0 Å². The smallest absolute Gasteiger partial charge is 0.0478 e. The summed E-state index contributed by atoms with van der Waals surface area (Å²) in [7, 11) is 0. The van der Waals surface area contributed by atoms with Gasteiger partial charge in [-0.1, -0.05) is 6.92 Å². The molecule has 0 aromatic rings. The van der Waals surface area contributed by atoms with Gasteiger partial charge in [-0.05, 0) is 49.4 Å². The van der Waals surface area contributed by atoms with Gasteiger partial charge in [0.1, 0.15) is 0 Å². The molecule has 0 saturated heterocycles. The Morgan fingerprint density at radius 2 is 1.92 bits per heavy atom. The van der Waals surface area contributed by atoms with Crippen LogP contribution in [0.15, 0.2) is 0 Å². The molecular formula is C11H16Cl2. The van der Waals surface area contributed by atoms with Crippen LogP contribution in [0.5, 0.6) is 0 Å². The van der Waals surface area contributed by atoms with Crippen LogP contribution in [0, 0.1) is 23.2 Å². The molecule has 0 nitrogen and oxygen atoms in total. The van der Waals surface area contributed by atoms with Gasteiger partial charge in [0, 0.05) is 10.3 Å². The summed E-state index contributed by atoms with van der Waals surface area (Å²) in [5.41, 5.74) is 0.328. The molecule has 3 rings (SSSR count). The van der Waals surface area contributed by atoms with Crippen LogP contribution in [0.25, 0.3) is 0 Å². The highest BCUT2D eigenvalue weighted by molar-refractivity contribution is 6.25. The van der Waals surface area contributed by atoms with Crippen molar-refractivity contribution in [2.75, 3.05) is 0 Å². The number of alkyl halides is 2. The van der Waals surface area contributed by atoms with Crippen LogP contribution >= 0.6 is 23.2 Å². The monoisotopic (exact) mass is 218 g/mol. The van der Waals surface area contributed by atoms with Crippen molar-refractivity contribution in [3.8, 4) is 0 Å². The summed E-state index contributed by atoms with van der Waals surface area (Å²) in [5.74, 6) is 2.45. The average Bonchev–Trinajstić information content (AvgIpc) is 2.44. The largest absolute Gasteiger partial charge is 0.123 e. The lowest BCUT2D eigenvalue weighted by Gasteiger charge is -2.44. The van der Waals surface area contributed by atoms with E-state index in [1.54, 1.807) is 0 Å². The predicted molar refractivity (Wildman–Crippen MR) is 56.3 cm³/mol. The molecule has 3 saturated carbocycles. The van der Waals surface area contributed by atoms with Crippen LogP contribution < -0.4 is 0 Å². The van der Waals surface area contributed by atoms with Gasteiger partial charge in [-0.15, -0.1) is 23.2 Å². The van der Waals surface area contributed by atoms with Gasteiger partial charge >= 0.3 is 0 Å². The van der Waals surface area contributed by atoms with E-state index in [9.17, 15) is 0 Å². The molecule has 0 amide bonds. The fraction of sp³-hybridized carbons (Fsp3) is 1.00. The van der Waals surface area contributed by atoms with Crippen LogP contribution in [0.3, 0.4) is 0 Å². The zero-order valence-corrected chi connectivity index (χ0v) is 9.70. The molecule has 0 N–H and O–H groups in total. The van der Waals surface area contributed by atoms with Gasteiger partial charge in [-0.25, -0.2) is 0 Å². The summed E-state index contributed by atoms with van der Waals surface area (Å²) < 4.78 is 0. The summed E-state index contributed by atoms with van der Waals surface area (Å²) in [5, 5.41) is 0.411. The van der Waals surface area contributed by atoms with Crippen molar-refractivity contribution >= 4 is 23.2 Å². The molecule has 13 heavy (non-hydrogen) atoms. The minimum Gasteiger partial charge on any atom is -0.123 e. The van der Waals surface area contributed by atoms with Crippen LogP contribution in [0.4, 0.5) is 0 Å². The van der Waals surface area contributed by atoms with E-state index in [1.165, 1.54) is 19.3 Å². The standard InChI is InChI=1S/C11H16Cl2/c1-10-4-6-3-8(12)9(10)7(6)5-11(10,2)13/h6-9H,3-5H2,1-2H3/t6-,7?,8-,9+,10-,11+/m1/s1. The third-order valence-electron chi connectivity index (χ3n) is 5.22. The van der Waals surface area contributed by atoms with Crippen LogP contribution in [0.1, 0.15) is 33.1 Å². The van der Waals surface area contributed by atoms with E-state index in [4.69, 9.17) is 23.2 Å². The van der Waals surface area contributed by atoms with Gasteiger partial charge in [0.25, 0.3) is 0 Å². The second kappa shape index (κ2) is 2.22. The Balaban J connectivity index is 2.06. The maximum atomic E-state index is 6.61. The van der Waals surface area contributed by atoms with Gasteiger partial charge in [-0.2, -0.15) is 0 Å². The van der Waals surface area contributed by atoms with E-state index >= 15 is 0 Å². The molecule has 0 radical (unpaired) electrons. The van der Waals surface area contributed by atoms with E-state index in [1.807, 2.05) is 0 Å². The predicted octanol–water partition coefficient (Wildman–Crippen LogP) is 3.66. The first-order chi connectivity index (χ1) is 5.96. The van der Waals surface area contributed by atoms with E-state index in [-0.39, 0.29) is 4.87 Å². The Labute approximate surface area is 90.0 Å². The topological polar surface area (TPSA) is 0 Å². The van der Waals surface area contributed by atoms with Gasteiger partial charge in [0.2, 0.25) is 0 Å². The molecule has 74 valence electrons. The van der Waals surface area contributed by atoms with Gasteiger partial charge < -0.3 is 0 Å². The molecule has 0 heterocycles. The maximum absolute atomic E-state index is 6.61. The Morgan fingerprint density at radius 3 is 2.46 bits per heavy atom. The first-order valence-corrected chi connectivity index (χ1v) is 6.10. The molecule has 0 aromatic heterocycles. The maximum Gasteiger partial charge on any atom is 0.0478 e. The van der Waals surface area contributed by atoms with E-state index in [2.05, 4.69) is 13.8 Å². The summed E-state index contributed by atoms with van der Waals surface area (Å²) in [6.07, 6.45) is 3.77. The van der Waals surface area contributed by atoms with E-state index in [0.717, 1.165) is 11.8 Å². The van der Waals surface area contributed by atoms with Crippen molar-refractivity contribution in [2.24, 2.45) is 23.2 Å².